The summed E-state index contributed by atoms with van der Waals surface area (Å²) in [6.45, 7) is 4.73. The number of nitrogens with zero attached hydrogens (tertiary/aromatic N) is 1. The van der Waals surface area contributed by atoms with E-state index in [1.165, 1.54) is 12.8 Å². The Morgan fingerprint density at radius 1 is 1.41 bits per heavy atom. The van der Waals surface area contributed by atoms with E-state index >= 15 is 0 Å². The number of nitrogens with one attached hydrogen (secondary N) is 1. The minimum atomic E-state index is -4.02. The maximum atomic E-state index is 12.0. The molecule has 2 atom stereocenters. The summed E-state index contributed by atoms with van der Waals surface area (Å²) in [4.78, 5) is 2.29. The Labute approximate surface area is 102 Å². The third-order valence-electron chi connectivity index (χ3n) is 3.47. The van der Waals surface area contributed by atoms with Crippen LogP contribution >= 0.6 is 0 Å². The van der Waals surface area contributed by atoms with Crippen molar-refractivity contribution in [3.8, 4) is 0 Å². The second-order valence-corrected chi connectivity index (χ2v) is 5.13. The van der Waals surface area contributed by atoms with Gasteiger partial charge in [0.15, 0.2) is 0 Å². The highest BCUT2D eigenvalue weighted by Gasteiger charge is 2.26. The monoisotopic (exact) mass is 252 g/mol. The number of likely N-dealkylation sites (tertiary alicyclic amines) is 1. The van der Waals surface area contributed by atoms with Crippen molar-refractivity contribution < 1.29 is 13.2 Å². The fourth-order valence-corrected chi connectivity index (χ4v) is 2.40. The minimum Gasteiger partial charge on any atom is -0.314 e. The van der Waals surface area contributed by atoms with Crippen molar-refractivity contribution in [3.63, 3.8) is 0 Å². The van der Waals surface area contributed by atoms with Gasteiger partial charge in [-0.25, -0.2) is 0 Å². The van der Waals surface area contributed by atoms with Crippen LogP contribution in [-0.2, 0) is 0 Å². The Morgan fingerprint density at radius 3 is 2.71 bits per heavy atom. The van der Waals surface area contributed by atoms with Gasteiger partial charge in [0.2, 0.25) is 0 Å². The molecule has 1 aliphatic rings. The Hall–Kier alpha value is -0.290. The van der Waals surface area contributed by atoms with Gasteiger partial charge in [0.1, 0.15) is 0 Å². The maximum absolute atomic E-state index is 12.0. The molecule has 1 N–H and O–H groups in total. The van der Waals surface area contributed by atoms with Crippen molar-refractivity contribution in [2.75, 3.05) is 26.7 Å². The van der Waals surface area contributed by atoms with E-state index in [0.717, 1.165) is 13.1 Å². The number of alkyl halides is 3. The van der Waals surface area contributed by atoms with Crippen LogP contribution in [0.5, 0.6) is 0 Å². The van der Waals surface area contributed by atoms with Crippen molar-refractivity contribution in [1.29, 1.82) is 0 Å². The average Bonchev–Trinajstić information content (AvgIpc) is 2.23. The Bertz CT molecular complexity index is 218. The molecule has 1 rings (SSSR count). The summed E-state index contributed by atoms with van der Waals surface area (Å²) in [5.41, 5.74) is 0. The molecule has 2 unspecified atom stereocenters. The average molecular weight is 252 g/mol. The van der Waals surface area contributed by atoms with Crippen molar-refractivity contribution in [2.45, 2.75) is 44.8 Å². The number of rotatable bonds is 5. The van der Waals surface area contributed by atoms with E-state index < -0.39 is 12.6 Å². The molecule has 0 amide bonds. The lowest BCUT2D eigenvalue weighted by Crippen LogP contribution is -2.43. The standard InChI is InChI=1S/C12H23F3N2/c1-10(11-5-3-8-17(2)9-11)16-7-4-6-12(13,14)15/h10-11,16H,3-9H2,1-2H3. The number of halogens is 3. The predicted octanol–water partition coefficient (Wildman–Crippen LogP) is 2.65. The molecule has 5 heteroatoms. The summed E-state index contributed by atoms with van der Waals surface area (Å²) in [5.74, 6) is 0.569. The highest BCUT2D eigenvalue weighted by Crippen LogP contribution is 2.21. The van der Waals surface area contributed by atoms with E-state index in [9.17, 15) is 13.2 Å². The van der Waals surface area contributed by atoms with Crippen molar-refractivity contribution in [1.82, 2.24) is 10.2 Å². The van der Waals surface area contributed by atoms with Crippen LogP contribution in [0.4, 0.5) is 13.2 Å². The van der Waals surface area contributed by atoms with Gasteiger partial charge in [-0.05, 0) is 52.2 Å². The molecular weight excluding hydrogens is 229 g/mol. The van der Waals surface area contributed by atoms with Gasteiger partial charge in [-0.2, -0.15) is 13.2 Å². The summed E-state index contributed by atoms with van der Waals surface area (Å²) in [5, 5.41) is 3.22. The molecule has 0 spiro atoms. The fourth-order valence-electron chi connectivity index (χ4n) is 2.40. The molecule has 1 saturated heterocycles. The van der Waals surface area contributed by atoms with E-state index in [2.05, 4.69) is 24.2 Å². The summed E-state index contributed by atoms with van der Waals surface area (Å²) in [6.07, 6.45) is -2.16. The van der Waals surface area contributed by atoms with Gasteiger partial charge in [-0.1, -0.05) is 0 Å². The van der Waals surface area contributed by atoms with Crippen molar-refractivity contribution in [3.05, 3.63) is 0 Å². The van der Waals surface area contributed by atoms with Crippen LogP contribution in [-0.4, -0.2) is 43.8 Å². The lowest BCUT2D eigenvalue weighted by Gasteiger charge is -2.34. The Balaban J connectivity index is 2.14. The molecule has 0 saturated carbocycles. The number of piperidine rings is 1. The van der Waals surface area contributed by atoms with Crippen LogP contribution in [0.1, 0.15) is 32.6 Å². The summed E-state index contributed by atoms with van der Waals surface area (Å²) >= 11 is 0. The van der Waals surface area contributed by atoms with Crippen LogP contribution in [0.2, 0.25) is 0 Å². The zero-order valence-electron chi connectivity index (χ0n) is 10.7. The van der Waals surface area contributed by atoms with Crippen molar-refractivity contribution in [2.24, 2.45) is 5.92 Å². The van der Waals surface area contributed by atoms with Gasteiger partial charge in [0.25, 0.3) is 0 Å². The summed E-state index contributed by atoms with van der Waals surface area (Å²) in [6, 6.07) is 0.311. The van der Waals surface area contributed by atoms with Gasteiger partial charge in [0.05, 0.1) is 0 Å². The van der Waals surface area contributed by atoms with E-state index in [4.69, 9.17) is 0 Å². The topological polar surface area (TPSA) is 15.3 Å². The van der Waals surface area contributed by atoms with Gasteiger partial charge in [-0.15, -0.1) is 0 Å². The summed E-state index contributed by atoms with van der Waals surface area (Å²) < 4.78 is 35.9. The molecule has 17 heavy (non-hydrogen) atoms. The maximum Gasteiger partial charge on any atom is 0.389 e. The largest absolute Gasteiger partial charge is 0.389 e. The van der Waals surface area contributed by atoms with Crippen LogP contribution in [0.25, 0.3) is 0 Å². The van der Waals surface area contributed by atoms with Crippen LogP contribution in [0.3, 0.4) is 0 Å². The molecular formula is C12H23F3N2. The molecule has 0 aromatic carbocycles. The van der Waals surface area contributed by atoms with Crippen molar-refractivity contribution >= 4 is 0 Å². The lowest BCUT2D eigenvalue weighted by atomic mass is 9.92. The highest BCUT2D eigenvalue weighted by atomic mass is 19.4. The third kappa shape index (κ3) is 6.27. The third-order valence-corrected chi connectivity index (χ3v) is 3.47. The quantitative estimate of drug-likeness (QED) is 0.757. The Kier molecular flexibility index (Phi) is 5.73. The second-order valence-electron chi connectivity index (χ2n) is 5.13. The first-order chi connectivity index (χ1) is 7.88. The fraction of sp³-hybridized carbons (Fsp3) is 1.00. The molecule has 102 valence electrons. The SMILES string of the molecule is CC(NCCCC(F)(F)F)C1CCCN(C)C1. The summed E-state index contributed by atoms with van der Waals surface area (Å²) in [7, 11) is 2.10. The predicted molar refractivity (Wildman–Crippen MR) is 63.0 cm³/mol. The number of hydrogen-bond acceptors (Lipinski definition) is 2. The Morgan fingerprint density at radius 2 is 2.12 bits per heavy atom. The molecule has 1 fully saturated rings. The zero-order chi connectivity index (χ0) is 12.9. The normalized spacial score (nSPS) is 24.9. The van der Waals surface area contributed by atoms with Gasteiger partial charge >= 0.3 is 6.18 Å². The lowest BCUT2D eigenvalue weighted by molar-refractivity contribution is -0.135. The van der Waals surface area contributed by atoms with E-state index in [1.807, 2.05) is 0 Å². The van der Waals surface area contributed by atoms with E-state index in [0.29, 0.717) is 18.5 Å². The van der Waals surface area contributed by atoms with Gasteiger partial charge in [0, 0.05) is 19.0 Å². The molecule has 0 bridgehead atoms. The second kappa shape index (κ2) is 6.59. The van der Waals surface area contributed by atoms with Gasteiger partial charge in [-0.3, -0.25) is 0 Å². The minimum absolute atomic E-state index is 0.177. The van der Waals surface area contributed by atoms with Crippen LogP contribution in [0, 0.1) is 5.92 Å². The smallest absolute Gasteiger partial charge is 0.314 e. The molecule has 1 aliphatic heterocycles. The zero-order valence-corrected chi connectivity index (χ0v) is 10.7. The van der Waals surface area contributed by atoms with Gasteiger partial charge < -0.3 is 10.2 Å². The number of hydrogen-bond donors (Lipinski definition) is 1. The molecule has 0 aromatic heterocycles. The molecule has 0 aliphatic carbocycles. The highest BCUT2D eigenvalue weighted by molar-refractivity contribution is 4.79. The van der Waals surface area contributed by atoms with E-state index in [-0.39, 0.29) is 6.42 Å². The molecule has 0 radical (unpaired) electrons. The molecule has 1 heterocycles. The van der Waals surface area contributed by atoms with Crippen LogP contribution < -0.4 is 5.32 Å². The first-order valence-corrected chi connectivity index (χ1v) is 6.37. The van der Waals surface area contributed by atoms with E-state index in [1.54, 1.807) is 0 Å². The molecule has 0 aromatic rings. The first kappa shape index (κ1) is 14.8. The van der Waals surface area contributed by atoms with Crippen LogP contribution in [0.15, 0.2) is 0 Å². The molecule has 2 nitrogen and oxygen atoms in total. The first-order valence-electron chi connectivity index (χ1n) is 6.37.